The molecule has 0 spiro atoms. The van der Waals surface area contributed by atoms with Crippen molar-refractivity contribution in [1.29, 1.82) is 0 Å². The molecule has 3 N–H and O–H groups in total. The van der Waals surface area contributed by atoms with E-state index in [0.29, 0.717) is 28.6 Å². The lowest BCUT2D eigenvalue weighted by atomic mass is 10.1. The Morgan fingerprint density at radius 2 is 1.81 bits per heavy atom. The molecule has 0 saturated heterocycles. The van der Waals surface area contributed by atoms with Crippen molar-refractivity contribution < 1.29 is 23.5 Å². The maximum atomic E-state index is 12.8. The molecule has 0 aliphatic rings. The Morgan fingerprint density at radius 1 is 1.11 bits per heavy atom. The number of nitrogens with two attached hydrogens (primary N) is 1. The van der Waals surface area contributed by atoms with Crippen molar-refractivity contribution in [2.75, 3.05) is 32.4 Å². The minimum atomic E-state index is -0.510. The lowest BCUT2D eigenvalue weighted by molar-refractivity contribution is 0.102. The molecular formula is C18H18N4O5. The highest BCUT2D eigenvalue weighted by molar-refractivity contribution is 6.10. The van der Waals surface area contributed by atoms with Gasteiger partial charge in [-0.15, -0.1) is 0 Å². The third-order valence-electron chi connectivity index (χ3n) is 3.78. The van der Waals surface area contributed by atoms with Gasteiger partial charge in [-0.1, -0.05) is 11.2 Å². The molecule has 27 heavy (non-hydrogen) atoms. The van der Waals surface area contributed by atoms with E-state index in [-0.39, 0.29) is 17.1 Å². The lowest BCUT2D eigenvalue weighted by Gasteiger charge is -2.14. The van der Waals surface area contributed by atoms with Crippen molar-refractivity contribution in [3.8, 4) is 28.6 Å². The van der Waals surface area contributed by atoms with Crippen molar-refractivity contribution in [3.05, 3.63) is 42.1 Å². The van der Waals surface area contributed by atoms with Gasteiger partial charge in [-0.2, -0.15) is 0 Å². The van der Waals surface area contributed by atoms with Crippen LogP contribution in [0.25, 0.3) is 11.4 Å². The van der Waals surface area contributed by atoms with Crippen molar-refractivity contribution in [2.45, 2.75) is 0 Å². The fourth-order valence-electron chi connectivity index (χ4n) is 2.55. The van der Waals surface area contributed by atoms with Gasteiger partial charge in [0.05, 0.1) is 27.0 Å². The summed E-state index contributed by atoms with van der Waals surface area (Å²) in [4.78, 5) is 17.0. The number of aromatic nitrogens is 2. The second-order valence-electron chi connectivity index (χ2n) is 5.35. The smallest absolute Gasteiger partial charge is 0.263 e. The Balaban J connectivity index is 1.96. The molecule has 9 nitrogen and oxygen atoms in total. The molecule has 1 aromatic carbocycles. The van der Waals surface area contributed by atoms with Crippen molar-refractivity contribution in [2.24, 2.45) is 0 Å². The molecule has 3 aromatic rings. The third-order valence-corrected chi connectivity index (χ3v) is 3.78. The van der Waals surface area contributed by atoms with Crippen LogP contribution in [0.3, 0.4) is 0 Å². The van der Waals surface area contributed by atoms with Crippen LogP contribution in [0.2, 0.25) is 0 Å². The zero-order chi connectivity index (χ0) is 19.4. The molecule has 0 atom stereocenters. The predicted octanol–water partition coefficient (Wildman–Crippen LogP) is 2.60. The van der Waals surface area contributed by atoms with Crippen molar-refractivity contribution in [3.63, 3.8) is 0 Å². The molecule has 2 heterocycles. The van der Waals surface area contributed by atoms with E-state index in [1.54, 1.807) is 36.5 Å². The van der Waals surface area contributed by atoms with E-state index in [0.717, 1.165) is 0 Å². The number of pyridine rings is 1. The van der Waals surface area contributed by atoms with E-state index >= 15 is 0 Å². The fourth-order valence-corrected chi connectivity index (χ4v) is 2.55. The third kappa shape index (κ3) is 3.47. The van der Waals surface area contributed by atoms with Crippen LogP contribution >= 0.6 is 0 Å². The Hall–Kier alpha value is -3.75. The second-order valence-corrected chi connectivity index (χ2v) is 5.35. The molecule has 3 rings (SSSR count). The first-order valence-electron chi connectivity index (χ1n) is 7.87. The van der Waals surface area contributed by atoms with Gasteiger partial charge in [0.2, 0.25) is 11.6 Å². The number of hydrogen-bond donors (Lipinski definition) is 2. The summed E-state index contributed by atoms with van der Waals surface area (Å²) in [6.45, 7) is 0. The average molecular weight is 370 g/mol. The van der Waals surface area contributed by atoms with E-state index < -0.39 is 5.91 Å². The van der Waals surface area contributed by atoms with Crippen LogP contribution in [-0.2, 0) is 0 Å². The monoisotopic (exact) mass is 370 g/mol. The van der Waals surface area contributed by atoms with Crippen molar-refractivity contribution in [1.82, 2.24) is 10.1 Å². The van der Waals surface area contributed by atoms with Gasteiger partial charge < -0.3 is 29.8 Å². The normalized spacial score (nSPS) is 10.3. The fraction of sp³-hybridized carbons (Fsp3) is 0.167. The standard InChI is InChI=1S/C18H18N4O5/c1-24-12-8-10(9-13(25-2)16(12)26-3)21-18(23)14-15(22-27-17(14)19)11-6-4-5-7-20-11/h4-9H,19H2,1-3H3,(H,21,23). The molecule has 9 heteroatoms. The second kappa shape index (κ2) is 7.65. The predicted molar refractivity (Wildman–Crippen MR) is 98.2 cm³/mol. The molecule has 0 aliphatic carbocycles. The van der Waals surface area contributed by atoms with Crippen LogP contribution in [0.5, 0.6) is 17.2 Å². The number of carbonyl (C=O) groups is 1. The highest BCUT2D eigenvalue weighted by Gasteiger charge is 2.24. The summed E-state index contributed by atoms with van der Waals surface area (Å²) >= 11 is 0. The van der Waals surface area contributed by atoms with Crippen LogP contribution in [0.4, 0.5) is 11.6 Å². The van der Waals surface area contributed by atoms with Gasteiger partial charge in [-0.3, -0.25) is 9.78 Å². The van der Waals surface area contributed by atoms with Crippen molar-refractivity contribution >= 4 is 17.5 Å². The van der Waals surface area contributed by atoms with Crippen LogP contribution in [0.15, 0.2) is 41.1 Å². The summed E-state index contributed by atoms with van der Waals surface area (Å²) in [5.41, 5.74) is 7.02. The summed E-state index contributed by atoms with van der Waals surface area (Å²) in [7, 11) is 4.47. The van der Waals surface area contributed by atoms with Gasteiger partial charge in [0.1, 0.15) is 11.3 Å². The Bertz CT molecular complexity index is 931. The molecule has 1 amide bonds. The minimum Gasteiger partial charge on any atom is -0.493 e. The zero-order valence-electron chi connectivity index (χ0n) is 15.0. The van der Waals surface area contributed by atoms with Crippen LogP contribution < -0.4 is 25.3 Å². The maximum absolute atomic E-state index is 12.8. The van der Waals surface area contributed by atoms with Crippen LogP contribution in [0.1, 0.15) is 10.4 Å². The largest absolute Gasteiger partial charge is 0.493 e. The van der Waals surface area contributed by atoms with Crippen LogP contribution in [-0.4, -0.2) is 37.4 Å². The summed E-state index contributed by atoms with van der Waals surface area (Å²) < 4.78 is 20.8. The molecule has 0 radical (unpaired) electrons. The van der Waals surface area contributed by atoms with E-state index in [1.165, 1.54) is 21.3 Å². The molecule has 0 fully saturated rings. The Kier molecular flexibility index (Phi) is 5.11. The first kappa shape index (κ1) is 18.1. The number of nitrogen functional groups attached to an aromatic ring is 1. The highest BCUT2D eigenvalue weighted by atomic mass is 16.5. The number of methoxy groups -OCH3 is 3. The Morgan fingerprint density at radius 3 is 2.37 bits per heavy atom. The molecular weight excluding hydrogens is 352 g/mol. The number of carbonyl (C=O) groups excluding carboxylic acids is 1. The number of nitrogens with zero attached hydrogens (tertiary/aromatic N) is 2. The number of rotatable bonds is 6. The first-order valence-corrected chi connectivity index (χ1v) is 7.87. The number of nitrogens with one attached hydrogen (secondary N) is 1. The number of ether oxygens (including phenoxy) is 3. The average Bonchev–Trinajstić information content (AvgIpc) is 3.09. The Labute approximate surface area is 155 Å². The first-order chi connectivity index (χ1) is 13.1. The highest BCUT2D eigenvalue weighted by Crippen LogP contribution is 2.40. The van der Waals surface area contributed by atoms with Crippen LogP contribution in [0, 0.1) is 0 Å². The number of hydrogen-bond acceptors (Lipinski definition) is 8. The zero-order valence-corrected chi connectivity index (χ0v) is 15.0. The number of anilines is 2. The summed E-state index contributed by atoms with van der Waals surface area (Å²) in [5, 5.41) is 6.58. The minimum absolute atomic E-state index is 0.0856. The number of benzene rings is 1. The number of amides is 1. The molecule has 0 unspecified atom stereocenters. The van der Waals surface area contributed by atoms with Gasteiger partial charge in [-0.25, -0.2) is 0 Å². The van der Waals surface area contributed by atoms with Gasteiger partial charge >= 0.3 is 0 Å². The molecule has 0 bridgehead atoms. The molecule has 140 valence electrons. The van der Waals surface area contributed by atoms with E-state index in [2.05, 4.69) is 15.5 Å². The van der Waals surface area contributed by atoms with Gasteiger partial charge in [-0.05, 0) is 12.1 Å². The van der Waals surface area contributed by atoms with E-state index in [9.17, 15) is 4.79 Å². The van der Waals surface area contributed by atoms with Gasteiger partial charge in [0.25, 0.3) is 5.91 Å². The summed E-state index contributed by atoms with van der Waals surface area (Å²) in [5.74, 6) is 0.590. The summed E-state index contributed by atoms with van der Waals surface area (Å²) in [6.07, 6.45) is 1.58. The summed E-state index contributed by atoms with van der Waals surface area (Å²) in [6, 6.07) is 8.43. The molecule has 0 aliphatic heterocycles. The quantitative estimate of drug-likeness (QED) is 0.679. The molecule has 2 aromatic heterocycles. The molecule has 0 saturated carbocycles. The van der Waals surface area contributed by atoms with E-state index in [1.807, 2.05) is 0 Å². The SMILES string of the molecule is COc1cc(NC(=O)c2c(-c3ccccn3)noc2N)cc(OC)c1OC. The van der Waals surface area contributed by atoms with Gasteiger partial charge in [0.15, 0.2) is 11.5 Å². The lowest BCUT2D eigenvalue weighted by Crippen LogP contribution is -2.14. The topological polar surface area (TPSA) is 122 Å². The van der Waals surface area contributed by atoms with E-state index in [4.69, 9.17) is 24.5 Å². The van der Waals surface area contributed by atoms with Gasteiger partial charge in [0, 0.05) is 24.0 Å². The maximum Gasteiger partial charge on any atom is 0.263 e.